The summed E-state index contributed by atoms with van der Waals surface area (Å²) in [5.74, 6) is 0.374. The minimum absolute atomic E-state index is 0.117. The Labute approximate surface area is 123 Å². The van der Waals surface area contributed by atoms with Gasteiger partial charge in [0.25, 0.3) is 0 Å². The maximum Gasteiger partial charge on any atom is 0.407 e. The highest BCUT2D eigenvalue weighted by molar-refractivity contribution is 6.28. The van der Waals surface area contributed by atoms with E-state index in [1.807, 2.05) is 0 Å². The number of aromatic nitrogens is 2. The van der Waals surface area contributed by atoms with Crippen molar-refractivity contribution < 1.29 is 14.3 Å². The van der Waals surface area contributed by atoms with Crippen molar-refractivity contribution in [3.05, 3.63) is 23.1 Å². The topological polar surface area (TPSA) is 73.3 Å². The van der Waals surface area contributed by atoms with Crippen molar-refractivity contribution >= 4 is 23.8 Å². The zero-order chi connectivity index (χ0) is 15.2. The lowest BCUT2D eigenvalue weighted by atomic mass is 10.2. The minimum atomic E-state index is -0.513. The minimum Gasteiger partial charge on any atom is -0.480 e. The van der Waals surface area contributed by atoms with Crippen LogP contribution in [0.5, 0.6) is 5.88 Å². The molecule has 0 atom stereocenters. The number of nitrogens with one attached hydrogen (secondary N) is 1. The molecule has 0 unspecified atom stereocenters. The average molecular weight is 300 g/mol. The van der Waals surface area contributed by atoms with Gasteiger partial charge in [-0.25, -0.2) is 9.78 Å². The number of methoxy groups -OCH3 is 1. The van der Waals surface area contributed by atoms with Crippen LogP contribution in [0.3, 0.4) is 0 Å². The summed E-state index contributed by atoms with van der Waals surface area (Å²) in [6.45, 7) is 5.73. The van der Waals surface area contributed by atoms with Gasteiger partial charge in [-0.3, -0.25) is 0 Å². The largest absolute Gasteiger partial charge is 0.480 e. The molecule has 1 heterocycles. The molecule has 1 rings (SSSR count). The van der Waals surface area contributed by atoms with Crippen LogP contribution in [-0.2, 0) is 4.74 Å². The van der Waals surface area contributed by atoms with Crippen molar-refractivity contribution in [3.8, 4) is 5.88 Å². The van der Waals surface area contributed by atoms with Crippen molar-refractivity contribution in [2.24, 2.45) is 0 Å². The van der Waals surface area contributed by atoms with Crippen molar-refractivity contribution in [1.29, 1.82) is 0 Å². The van der Waals surface area contributed by atoms with E-state index in [-0.39, 0.29) is 5.28 Å². The van der Waals surface area contributed by atoms with Crippen LogP contribution in [0.1, 0.15) is 26.3 Å². The van der Waals surface area contributed by atoms with Crippen LogP contribution in [0.4, 0.5) is 4.79 Å². The molecule has 0 radical (unpaired) electrons. The summed E-state index contributed by atoms with van der Waals surface area (Å²) in [4.78, 5) is 19.2. The highest BCUT2D eigenvalue weighted by atomic mass is 35.5. The molecule has 20 heavy (non-hydrogen) atoms. The second-order valence-electron chi connectivity index (χ2n) is 4.89. The van der Waals surface area contributed by atoms with E-state index in [4.69, 9.17) is 21.1 Å². The molecule has 0 spiro atoms. The third-order valence-electron chi connectivity index (χ3n) is 2.00. The van der Waals surface area contributed by atoms with E-state index < -0.39 is 11.7 Å². The number of ether oxygens (including phenoxy) is 2. The molecule has 0 aromatic carbocycles. The summed E-state index contributed by atoms with van der Waals surface area (Å²) in [5.41, 5.74) is 0.156. The van der Waals surface area contributed by atoms with E-state index in [0.717, 1.165) is 0 Å². The lowest BCUT2D eigenvalue weighted by molar-refractivity contribution is 0.0534. The predicted octanol–water partition coefficient (Wildman–Crippen LogP) is 2.68. The molecule has 0 saturated heterocycles. The highest BCUT2D eigenvalue weighted by Crippen LogP contribution is 2.17. The fourth-order valence-corrected chi connectivity index (χ4v) is 1.40. The molecule has 1 amide bonds. The summed E-state index contributed by atoms with van der Waals surface area (Å²) in [6.07, 6.45) is 4.53. The van der Waals surface area contributed by atoms with E-state index in [2.05, 4.69) is 15.3 Å². The van der Waals surface area contributed by atoms with Crippen molar-refractivity contribution in [1.82, 2.24) is 15.3 Å². The number of hydrogen-bond donors (Lipinski definition) is 1. The van der Waals surface area contributed by atoms with E-state index in [1.165, 1.54) is 13.3 Å². The fraction of sp³-hybridized carbons (Fsp3) is 0.462. The first kappa shape index (κ1) is 16.2. The molecule has 0 aliphatic carbocycles. The van der Waals surface area contributed by atoms with Gasteiger partial charge >= 0.3 is 6.09 Å². The van der Waals surface area contributed by atoms with Crippen LogP contribution in [0.2, 0.25) is 5.28 Å². The first-order valence-corrected chi connectivity index (χ1v) is 6.39. The summed E-state index contributed by atoms with van der Waals surface area (Å²) in [6, 6.07) is 0. The Bertz CT molecular complexity index is 498. The number of amides is 1. The molecule has 0 fully saturated rings. The van der Waals surface area contributed by atoms with E-state index in [1.54, 1.807) is 32.9 Å². The van der Waals surface area contributed by atoms with E-state index in [0.29, 0.717) is 18.0 Å². The van der Waals surface area contributed by atoms with Crippen LogP contribution in [0.25, 0.3) is 6.08 Å². The first-order valence-electron chi connectivity index (χ1n) is 6.02. The van der Waals surface area contributed by atoms with Gasteiger partial charge in [0.05, 0.1) is 12.7 Å². The van der Waals surface area contributed by atoms with Crippen LogP contribution in [-0.4, -0.2) is 35.3 Å². The Morgan fingerprint density at radius 3 is 2.80 bits per heavy atom. The lowest BCUT2D eigenvalue weighted by Crippen LogP contribution is -2.32. The Balaban J connectivity index is 2.52. The first-order chi connectivity index (χ1) is 9.31. The monoisotopic (exact) mass is 299 g/mol. The third-order valence-corrected chi connectivity index (χ3v) is 2.19. The molecule has 7 heteroatoms. The van der Waals surface area contributed by atoms with Gasteiger partial charge in [-0.05, 0) is 32.4 Å². The molecule has 1 N–H and O–H groups in total. The number of hydrogen-bond acceptors (Lipinski definition) is 5. The summed E-state index contributed by atoms with van der Waals surface area (Å²) < 4.78 is 10.2. The molecule has 6 nitrogen and oxygen atoms in total. The molecule has 0 saturated carbocycles. The highest BCUT2D eigenvalue weighted by Gasteiger charge is 2.15. The number of halogens is 1. The number of nitrogens with zero attached hydrogens (tertiary/aromatic N) is 2. The van der Waals surface area contributed by atoms with Crippen LogP contribution >= 0.6 is 11.6 Å². The third kappa shape index (κ3) is 5.88. The zero-order valence-electron chi connectivity index (χ0n) is 11.9. The van der Waals surface area contributed by atoms with Crippen LogP contribution < -0.4 is 10.1 Å². The van der Waals surface area contributed by atoms with Gasteiger partial charge < -0.3 is 14.8 Å². The molecule has 110 valence electrons. The second-order valence-corrected chi connectivity index (χ2v) is 5.23. The quantitative estimate of drug-likeness (QED) is 0.865. The lowest BCUT2D eigenvalue weighted by Gasteiger charge is -2.19. The number of carbonyl (C=O) groups is 1. The molecule has 1 aromatic heterocycles. The molecule has 0 aliphatic rings. The average Bonchev–Trinajstić information content (AvgIpc) is 2.33. The number of alkyl carbamates (subject to hydrolysis) is 1. The normalized spacial score (nSPS) is 11.4. The molecular formula is C13H18ClN3O3. The second kappa shape index (κ2) is 7.09. The number of carbonyl (C=O) groups excluding carboxylic acids is 1. The van der Waals surface area contributed by atoms with Gasteiger partial charge in [-0.1, -0.05) is 12.2 Å². The van der Waals surface area contributed by atoms with Crippen molar-refractivity contribution in [2.45, 2.75) is 26.4 Å². The summed E-state index contributed by atoms with van der Waals surface area (Å²) in [7, 11) is 1.49. The summed E-state index contributed by atoms with van der Waals surface area (Å²) in [5, 5.41) is 2.72. The van der Waals surface area contributed by atoms with Gasteiger partial charge in [0.1, 0.15) is 5.60 Å². The Hall–Kier alpha value is -1.82. The Morgan fingerprint density at radius 2 is 2.20 bits per heavy atom. The maximum atomic E-state index is 11.4. The van der Waals surface area contributed by atoms with Gasteiger partial charge in [0.15, 0.2) is 0 Å². The zero-order valence-corrected chi connectivity index (χ0v) is 12.7. The summed E-state index contributed by atoms with van der Waals surface area (Å²) >= 11 is 5.66. The van der Waals surface area contributed by atoms with Crippen LogP contribution in [0, 0.1) is 0 Å². The van der Waals surface area contributed by atoms with E-state index in [9.17, 15) is 4.79 Å². The van der Waals surface area contributed by atoms with Gasteiger partial charge in [-0.2, -0.15) is 4.98 Å². The smallest absolute Gasteiger partial charge is 0.407 e. The fourth-order valence-electron chi connectivity index (χ4n) is 1.28. The van der Waals surface area contributed by atoms with E-state index >= 15 is 0 Å². The molecule has 0 bridgehead atoms. The molecule has 0 aliphatic heterocycles. The van der Waals surface area contributed by atoms with Crippen LogP contribution in [0.15, 0.2) is 12.3 Å². The van der Waals surface area contributed by atoms with Crippen molar-refractivity contribution in [3.63, 3.8) is 0 Å². The Kier molecular flexibility index (Phi) is 5.76. The SMILES string of the molecule is COc1nc(Cl)ncc1C=CCNC(=O)OC(C)(C)C. The van der Waals surface area contributed by atoms with Crippen molar-refractivity contribution in [2.75, 3.05) is 13.7 Å². The predicted molar refractivity (Wildman–Crippen MR) is 76.9 cm³/mol. The Morgan fingerprint density at radius 1 is 1.50 bits per heavy atom. The molecular weight excluding hydrogens is 282 g/mol. The molecule has 1 aromatic rings. The number of rotatable bonds is 4. The van der Waals surface area contributed by atoms with Gasteiger partial charge in [0, 0.05) is 12.7 Å². The van der Waals surface area contributed by atoms with Gasteiger partial charge in [0.2, 0.25) is 11.2 Å². The standard InChI is InChI=1S/C13H18ClN3O3/c1-13(2,3)20-12(18)15-7-5-6-9-8-16-11(14)17-10(9)19-4/h5-6,8H,7H2,1-4H3,(H,15,18). The maximum absolute atomic E-state index is 11.4. The van der Waals surface area contributed by atoms with Gasteiger partial charge in [-0.15, -0.1) is 0 Å².